The quantitative estimate of drug-likeness (QED) is 0.401. The van der Waals surface area contributed by atoms with E-state index in [0.717, 1.165) is 34.0 Å². The van der Waals surface area contributed by atoms with Crippen LogP contribution < -0.4 is 5.43 Å². The highest BCUT2D eigenvalue weighted by molar-refractivity contribution is 6.00. The second-order valence-corrected chi connectivity index (χ2v) is 6.48. The molecule has 0 atom stereocenters. The zero-order valence-electron chi connectivity index (χ0n) is 15.5. The Labute approximate surface area is 163 Å². The molecule has 0 aliphatic carbocycles. The van der Waals surface area contributed by atoms with Crippen LogP contribution in [0.2, 0.25) is 0 Å². The fourth-order valence-electron chi connectivity index (χ4n) is 3.08. The molecule has 0 bridgehead atoms. The Morgan fingerprint density at radius 1 is 1.07 bits per heavy atom. The molecule has 4 aromatic rings. The van der Waals surface area contributed by atoms with Gasteiger partial charge in [-0.15, -0.1) is 0 Å². The van der Waals surface area contributed by atoms with Gasteiger partial charge in [0, 0.05) is 11.1 Å². The van der Waals surface area contributed by atoms with Crippen LogP contribution >= 0.6 is 0 Å². The number of aromatic amines is 1. The molecule has 28 heavy (non-hydrogen) atoms. The summed E-state index contributed by atoms with van der Waals surface area (Å²) in [7, 11) is 0. The van der Waals surface area contributed by atoms with Crippen molar-refractivity contribution >= 4 is 22.9 Å². The minimum Gasteiger partial charge on any atom is -0.272 e. The molecular weight excluding hydrogens is 348 g/mol. The molecule has 4 rings (SSSR count). The van der Waals surface area contributed by atoms with Gasteiger partial charge >= 0.3 is 0 Å². The summed E-state index contributed by atoms with van der Waals surface area (Å²) in [6.07, 6.45) is 2.64. The first-order valence-corrected chi connectivity index (χ1v) is 9.20. The van der Waals surface area contributed by atoms with E-state index >= 15 is 0 Å². The van der Waals surface area contributed by atoms with Gasteiger partial charge in [0.1, 0.15) is 5.69 Å². The molecule has 3 aromatic carbocycles. The van der Waals surface area contributed by atoms with Crippen LogP contribution in [0.5, 0.6) is 0 Å². The van der Waals surface area contributed by atoms with Gasteiger partial charge in [0.15, 0.2) is 0 Å². The summed E-state index contributed by atoms with van der Waals surface area (Å²) in [4.78, 5) is 12.3. The maximum atomic E-state index is 12.3. The fraction of sp³-hybridized carbons (Fsp3) is 0.0870. The summed E-state index contributed by atoms with van der Waals surface area (Å²) < 4.78 is 0. The highest BCUT2D eigenvalue weighted by Gasteiger charge is 2.10. The van der Waals surface area contributed by atoms with E-state index in [1.807, 2.05) is 54.6 Å². The van der Waals surface area contributed by atoms with Crippen LogP contribution in [0.15, 0.2) is 77.9 Å². The average Bonchev–Trinajstić information content (AvgIpc) is 3.24. The average molecular weight is 368 g/mol. The first-order valence-electron chi connectivity index (χ1n) is 9.20. The second-order valence-electron chi connectivity index (χ2n) is 6.48. The van der Waals surface area contributed by atoms with E-state index in [0.29, 0.717) is 5.69 Å². The number of hydrazone groups is 1. The number of nitrogens with zero attached hydrogens (tertiary/aromatic N) is 2. The number of hydrogen-bond donors (Lipinski definition) is 2. The Balaban J connectivity index is 1.46. The lowest BCUT2D eigenvalue weighted by Crippen LogP contribution is -2.18. The summed E-state index contributed by atoms with van der Waals surface area (Å²) in [6.45, 7) is 2.12. The summed E-state index contributed by atoms with van der Waals surface area (Å²) in [5.74, 6) is -0.333. The molecule has 2 N–H and O–H groups in total. The maximum Gasteiger partial charge on any atom is 0.289 e. The van der Waals surface area contributed by atoms with E-state index in [1.54, 1.807) is 12.3 Å². The Bertz CT molecular complexity index is 1140. The molecule has 0 saturated heterocycles. The SMILES string of the molecule is CCc1ccc(-c2cc(C(=O)N/N=C/c3cccc4ccccc34)[nH]n2)cc1. The molecule has 0 fully saturated rings. The molecule has 1 heterocycles. The summed E-state index contributed by atoms with van der Waals surface area (Å²) in [5, 5.41) is 13.3. The molecule has 0 aliphatic heterocycles. The van der Waals surface area contributed by atoms with Crippen LogP contribution in [0.25, 0.3) is 22.0 Å². The van der Waals surface area contributed by atoms with Gasteiger partial charge in [-0.25, -0.2) is 5.43 Å². The van der Waals surface area contributed by atoms with Crippen molar-refractivity contribution in [3.05, 3.63) is 89.6 Å². The van der Waals surface area contributed by atoms with E-state index in [1.165, 1.54) is 5.56 Å². The number of amides is 1. The third-order valence-electron chi connectivity index (χ3n) is 4.67. The number of nitrogens with one attached hydrogen (secondary N) is 2. The standard InChI is InChI=1S/C23H20N4O/c1-2-16-10-12-18(13-11-16)21-14-22(26-25-21)23(28)27-24-15-19-8-5-7-17-6-3-4-9-20(17)19/h3-15H,2H2,1H3,(H,25,26)(H,27,28)/b24-15+. The maximum absolute atomic E-state index is 12.3. The van der Waals surface area contributed by atoms with Crippen molar-refractivity contribution < 1.29 is 4.79 Å². The molecule has 0 radical (unpaired) electrons. The Morgan fingerprint density at radius 3 is 2.68 bits per heavy atom. The van der Waals surface area contributed by atoms with Crippen LogP contribution in [0, 0.1) is 0 Å². The number of hydrogen-bond acceptors (Lipinski definition) is 3. The predicted molar refractivity (Wildman–Crippen MR) is 112 cm³/mol. The third kappa shape index (κ3) is 3.69. The number of rotatable bonds is 5. The fourth-order valence-corrected chi connectivity index (χ4v) is 3.08. The van der Waals surface area contributed by atoms with Crippen molar-refractivity contribution in [3.63, 3.8) is 0 Å². The first-order chi connectivity index (χ1) is 13.7. The van der Waals surface area contributed by atoms with Crippen LogP contribution in [-0.4, -0.2) is 22.3 Å². The minimum absolute atomic E-state index is 0.333. The number of aryl methyl sites for hydroxylation is 1. The number of H-pyrrole nitrogens is 1. The van der Waals surface area contributed by atoms with E-state index in [4.69, 9.17) is 0 Å². The van der Waals surface area contributed by atoms with Crippen molar-refractivity contribution in [3.8, 4) is 11.3 Å². The second kappa shape index (κ2) is 7.88. The predicted octanol–water partition coefficient (Wildman–Crippen LogP) is 4.56. The molecule has 138 valence electrons. The lowest BCUT2D eigenvalue weighted by atomic mass is 10.1. The number of carbonyl (C=O) groups excluding carboxylic acids is 1. The van der Waals surface area contributed by atoms with Crippen LogP contribution in [-0.2, 0) is 6.42 Å². The lowest BCUT2D eigenvalue weighted by molar-refractivity contribution is 0.0950. The molecular formula is C23H20N4O. The highest BCUT2D eigenvalue weighted by Crippen LogP contribution is 2.19. The smallest absolute Gasteiger partial charge is 0.272 e. The summed E-state index contributed by atoms with van der Waals surface area (Å²) >= 11 is 0. The number of benzene rings is 3. The van der Waals surface area contributed by atoms with Gasteiger partial charge in [-0.05, 0) is 28.8 Å². The number of carbonyl (C=O) groups is 1. The molecule has 0 spiro atoms. The Hall–Kier alpha value is -3.73. The Kier molecular flexibility index (Phi) is 4.97. The van der Waals surface area contributed by atoms with E-state index < -0.39 is 0 Å². The molecule has 0 unspecified atom stereocenters. The van der Waals surface area contributed by atoms with Crippen LogP contribution in [0.4, 0.5) is 0 Å². The van der Waals surface area contributed by atoms with Gasteiger partial charge in [-0.1, -0.05) is 73.7 Å². The van der Waals surface area contributed by atoms with Crippen molar-refractivity contribution in [2.75, 3.05) is 0 Å². The largest absolute Gasteiger partial charge is 0.289 e. The lowest BCUT2D eigenvalue weighted by Gasteiger charge is -2.01. The zero-order valence-corrected chi connectivity index (χ0v) is 15.5. The van der Waals surface area contributed by atoms with Gasteiger partial charge in [0.05, 0.1) is 11.9 Å². The number of aromatic nitrogens is 2. The van der Waals surface area contributed by atoms with Crippen molar-refractivity contribution in [1.82, 2.24) is 15.6 Å². The molecule has 0 aliphatic rings. The first kappa shape index (κ1) is 17.7. The summed E-state index contributed by atoms with van der Waals surface area (Å²) in [6, 6.07) is 23.9. The molecule has 1 amide bonds. The Morgan fingerprint density at radius 2 is 1.86 bits per heavy atom. The normalized spacial score (nSPS) is 11.2. The topological polar surface area (TPSA) is 70.1 Å². The summed E-state index contributed by atoms with van der Waals surface area (Å²) in [5.41, 5.74) is 6.82. The van der Waals surface area contributed by atoms with Gasteiger partial charge in [0.2, 0.25) is 0 Å². The molecule has 0 saturated carbocycles. The van der Waals surface area contributed by atoms with Crippen LogP contribution in [0.1, 0.15) is 28.5 Å². The van der Waals surface area contributed by atoms with Gasteiger partial charge in [-0.2, -0.15) is 10.2 Å². The molecule has 5 nitrogen and oxygen atoms in total. The minimum atomic E-state index is -0.333. The van der Waals surface area contributed by atoms with E-state index in [2.05, 4.69) is 39.8 Å². The van der Waals surface area contributed by atoms with Gasteiger partial charge in [-0.3, -0.25) is 9.89 Å². The highest BCUT2D eigenvalue weighted by atomic mass is 16.2. The molecule has 5 heteroatoms. The monoisotopic (exact) mass is 368 g/mol. The van der Waals surface area contributed by atoms with E-state index in [-0.39, 0.29) is 5.91 Å². The van der Waals surface area contributed by atoms with Gasteiger partial charge < -0.3 is 0 Å². The molecule has 1 aromatic heterocycles. The van der Waals surface area contributed by atoms with E-state index in [9.17, 15) is 4.79 Å². The number of fused-ring (bicyclic) bond motifs is 1. The van der Waals surface area contributed by atoms with Crippen molar-refractivity contribution in [2.24, 2.45) is 5.10 Å². The van der Waals surface area contributed by atoms with Crippen molar-refractivity contribution in [2.45, 2.75) is 13.3 Å². The van der Waals surface area contributed by atoms with Crippen LogP contribution in [0.3, 0.4) is 0 Å². The van der Waals surface area contributed by atoms with Gasteiger partial charge in [0.25, 0.3) is 5.91 Å². The zero-order chi connectivity index (χ0) is 19.3. The third-order valence-corrected chi connectivity index (χ3v) is 4.67. The van der Waals surface area contributed by atoms with Crippen molar-refractivity contribution in [1.29, 1.82) is 0 Å².